The van der Waals surface area contributed by atoms with E-state index in [0.29, 0.717) is 17.5 Å². The molecule has 7 nitrogen and oxygen atoms in total. The number of carbonyl (C=O) groups is 2. The van der Waals surface area contributed by atoms with Crippen LogP contribution < -0.4 is 10.6 Å². The summed E-state index contributed by atoms with van der Waals surface area (Å²) in [5.74, 6) is 0.178. The second-order valence-corrected chi connectivity index (χ2v) is 7.98. The van der Waals surface area contributed by atoms with Crippen molar-refractivity contribution in [2.75, 3.05) is 7.05 Å². The summed E-state index contributed by atoms with van der Waals surface area (Å²) in [4.78, 5) is 25.1. The van der Waals surface area contributed by atoms with E-state index < -0.39 is 0 Å². The van der Waals surface area contributed by atoms with E-state index in [-0.39, 0.29) is 35.7 Å². The lowest BCUT2D eigenvalue weighted by molar-refractivity contribution is 0.0923. The monoisotopic (exact) mass is 382 g/mol. The Morgan fingerprint density at radius 3 is 2.57 bits per heavy atom. The Kier molecular flexibility index (Phi) is 4.71. The Morgan fingerprint density at radius 2 is 1.93 bits per heavy atom. The molecule has 0 spiro atoms. The maximum atomic E-state index is 13.0. The Morgan fingerprint density at radius 1 is 1.21 bits per heavy atom. The van der Waals surface area contributed by atoms with Gasteiger partial charge < -0.3 is 15.7 Å². The third-order valence-electron chi connectivity index (χ3n) is 6.04. The number of fused-ring (bicyclic) bond motifs is 1. The van der Waals surface area contributed by atoms with Crippen LogP contribution in [0.3, 0.4) is 0 Å². The van der Waals surface area contributed by atoms with Crippen molar-refractivity contribution in [1.82, 2.24) is 20.4 Å². The standard InChI is InChI=1S/C21H26N4O3/c1-11-5-4-6-13(7-11)12(2)25-18(10-17(24-25)20(27)22-3)21(28)23-19-15-8-14(26)9-16(15)19/h4-7,10,12,14-16,19,26H,8-9H2,1-3H3,(H,22,27)(H,23,28)/t12-,14-,15-,16+,19-/m0/s1. The molecule has 5 atom stereocenters. The van der Waals surface area contributed by atoms with Crippen LogP contribution in [-0.2, 0) is 0 Å². The van der Waals surface area contributed by atoms with Crippen molar-refractivity contribution in [2.45, 2.75) is 44.9 Å². The minimum absolute atomic E-state index is 0.108. The lowest BCUT2D eigenvalue weighted by atomic mass is 10.1. The van der Waals surface area contributed by atoms with Crippen molar-refractivity contribution >= 4 is 11.8 Å². The predicted molar refractivity (Wildman–Crippen MR) is 104 cm³/mol. The van der Waals surface area contributed by atoms with Gasteiger partial charge in [0.05, 0.1) is 12.1 Å². The Labute approximate surface area is 164 Å². The van der Waals surface area contributed by atoms with Gasteiger partial charge in [-0.1, -0.05) is 29.8 Å². The summed E-state index contributed by atoms with van der Waals surface area (Å²) in [6, 6.07) is 9.50. The molecule has 3 N–H and O–H groups in total. The second kappa shape index (κ2) is 7.05. The summed E-state index contributed by atoms with van der Waals surface area (Å²) in [5.41, 5.74) is 2.74. The van der Waals surface area contributed by atoms with E-state index in [1.54, 1.807) is 17.8 Å². The van der Waals surface area contributed by atoms with Crippen LogP contribution in [0.1, 0.15) is 57.9 Å². The van der Waals surface area contributed by atoms with Gasteiger partial charge in [-0.3, -0.25) is 14.3 Å². The largest absolute Gasteiger partial charge is 0.393 e. The first-order chi connectivity index (χ1) is 13.4. The zero-order valence-corrected chi connectivity index (χ0v) is 16.3. The van der Waals surface area contributed by atoms with Crippen LogP contribution >= 0.6 is 0 Å². The van der Waals surface area contributed by atoms with Gasteiger partial charge in [0.15, 0.2) is 5.69 Å². The number of nitrogens with zero attached hydrogens (tertiary/aromatic N) is 2. The number of aliphatic hydroxyl groups is 1. The van der Waals surface area contributed by atoms with E-state index in [0.717, 1.165) is 24.0 Å². The molecule has 148 valence electrons. The zero-order valence-electron chi connectivity index (χ0n) is 16.3. The summed E-state index contributed by atoms with van der Waals surface area (Å²) < 4.78 is 1.63. The Hall–Kier alpha value is -2.67. The summed E-state index contributed by atoms with van der Waals surface area (Å²) in [5, 5.41) is 19.8. The number of benzene rings is 1. The Balaban J connectivity index is 1.61. The Bertz CT molecular complexity index is 910. The molecule has 7 heteroatoms. The van der Waals surface area contributed by atoms with Gasteiger partial charge in [-0.05, 0) is 44.1 Å². The molecule has 0 radical (unpaired) electrons. The summed E-state index contributed by atoms with van der Waals surface area (Å²) >= 11 is 0. The van der Waals surface area contributed by atoms with Gasteiger partial charge >= 0.3 is 0 Å². The maximum absolute atomic E-state index is 13.0. The van der Waals surface area contributed by atoms with Gasteiger partial charge in [0.25, 0.3) is 11.8 Å². The molecule has 2 aliphatic carbocycles. The third kappa shape index (κ3) is 3.30. The number of aromatic nitrogens is 2. The van der Waals surface area contributed by atoms with Crippen molar-refractivity contribution in [2.24, 2.45) is 11.8 Å². The first-order valence-corrected chi connectivity index (χ1v) is 9.76. The quantitative estimate of drug-likeness (QED) is 0.733. The number of carbonyl (C=O) groups excluding carboxylic acids is 2. The molecule has 0 aliphatic heterocycles. The van der Waals surface area contributed by atoms with Crippen LogP contribution in [0.2, 0.25) is 0 Å². The van der Waals surface area contributed by atoms with Crippen molar-refractivity contribution in [3.05, 3.63) is 52.8 Å². The highest BCUT2D eigenvalue weighted by Gasteiger charge is 2.56. The number of nitrogens with one attached hydrogen (secondary N) is 2. The normalized spacial score (nSPS) is 26.4. The fourth-order valence-corrected chi connectivity index (χ4v) is 4.42. The lowest BCUT2D eigenvalue weighted by Gasteiger charge is -2.17. The number of hydrogen-bond donors (Lipinski definition) is 3. The molecule has 28 heavy (non-hydrogen) atoms. The fraction of sp³-hybridized carbons (Fsp3) is 0.476. The zero-order chi connectivity index (χ0) is 20.0. The highest BCUT2D eigenvalue weighted by Crippen LogP contribution is 2.52. The molecule has 1 aromatic carbocycles. The number of aryl methyl sites for hydroxylation is 1. The van der Waals surface area contributed by atoms with E-state index in [1.165, 1.54) is 0 Å². The van der Waals surface area contributed by atoms with Crippen LogP contribution in [0.4, 0.5) is 0 Å². The molecule has 1 heterocycles. The summed E-state index contributed by atoms with van der Waals surface area (Å²) in [6.07, 6.45) is 1.26. The van der Waals surface area contributed by atoms with E-state index >= 15 is 0 Å². The van der Waals surface area contributed by atoms with Crippen molar-refractivity contribution in [1.29, 1.82) is 0 Å². The predicted octanol–water partition coefficient (Wildman–Crippen LogP) is 1.66. The molecule has 0 unspecified atom stereocenters. The third-order valence-corrected chi connectivity index (χ3v) is 6.04. The summed E-state index contributed by atoms with van der Waals surface area (Å²) in [7, 11) is 1.54. The van der Waals surface area contributed by atoms with Gasteiger partial charge in [0.1, 0.15) is 5.69 Å². The smallest absolute Gasteiger partial charge is 0.271 e. The highest BCUT2D eigenvalue weighted by atomic mass is 16.3. The highest BCUT2D eigenvalue weighted by molar-refractivity contribution is 5.98. The average Bonchev–Trinajstić information content (AvgIpc) is 3.06. The number of aliphatic hydroxyl groups excluding tert-OH is 1. The van der Waals surface area contributed by atoms with E-state index in [1.807, 2.05) is 32.0 Å². The molecule has 0 bridgehead atoms. The number of hydrogen-bond acceptors (Lipinski definition) is 4. The molecule has 2 aromatic rings. The molecule has 1 aromatic heterocycles. The van der Waals surface area contributed by atoms with Gasteiger partial charge in [-0.25, -0.2) is 0 Å². The molecule has 4 rings (SSSR count). The molecule has 2 aliphatic rings. The van der Waals surface area contributed by atoms with Crippen LogP contribution in [0.15, 0.2) is 30.3 Å². The number of rotatable bonds is 5. The minimum Gasteiger partial charge on any atom is -0.393 e. The van der Waals surface area contributed by atoms with Crippen LogP contribution in [0.5, 0.6) is 0 Å². The fourth-order valence-electron chi connectivity index (χ4n) is 4.42. The van der Waals surface area contributed by atoms with Crippen LogP contribution in [-0.4, -0.2) is 45.9 Å². The molecular formula is C21H26N4O3. The maximum Gasteiger partial charge on any atom is 0.271 e. The van der Waals surface area contributed by atoms with E-state index in [9.17, 15) is 14.7 Å². The lowest BCUT2D eigenvalue weighted by Crippen LogP contribution is -2.32. The number of amides is 2. The molecule has 2 amide bonds. The average molecular weight is 382 g/mol. The van der Waals surface area contributed by atoms with E-state index in [2.05, 4.69) is 21.8 Å². The van der Waals surface area contributed by atoms with Crippen molar-refractivity contribution in [3.8, 4) is 0 Å². The molecule has 0 saturated heterocycles. The topological polar surface area (TPSA) is 96.3 Å². The van der Waals surface area contributed by atoms with Crippen LogP contribution in [0, 0.1) is 18.8 Å². The van der Waals surface area contributed by atoms with E-state index in [4.69, 9.17) is 0 Å². The first-order valence-electron chi connectivity index (χ1n) is 9.76. The minimum atomic E-state index is -0.323. The first kappa shape index (κ1) is 18.7. The van der Waals surface area contributed by atoms with Gasteiger partial charge in [0.2, 0.25) is 0 Å². The summed E-state index contributed by atoms with van der Waals surface area (Å²) in [6.45, 7) is 3.98. The van der Waals surface area contributed by atoms with Gasteiger partial charge in [0, 0.05) is 19.2 Å². The van der Waals surface area contributed by atoms with Crippen molar-refractivity contribution < 1.29 is 14.7 Å². The molecule has 2 fully saturated rings. The van der Waals surface area contributed by atoms with Gasteiger partial charge in [-0.15, -0.1) is 0 Å². The second-order valence-electron chi connectivity index (χ2n) is 7.98. The SMILES string of the molecule is CNC(=O)c1cc(C(=O)N[C@@H]2[C@@H]3C[C@@H](O)C[C@@H]32)n([C@@H](C)c2cccc(C)c2)n1. The van der Waals surface area contributed by atoms with Crippen molar-refractivity contribution in [3.63, 3.8) is 0 Å². The van der Waals surface area contributed by atoms with Gasteiger partial charge in [-0.2, -0.15) is 5.10 Å². The van der Waals surface area contributed by atoms with Crippen LogP contribution in [0.25, 0.3) is 0 Å². The molecule has 2 saturated carbocycles. The molecular weight excluding hydrogens is 356 g/mol.